The molecule has 0 spiro atoms. The Bertz CT molecular complexity index is 605. The summed E-state index contributed by atoms with van der Waals surface area (Å²) in [4.78, 5) is 18.0. The highest BCUT2D eigenvalue weighted by molar-refractivity contribution is 5.85. The molecule has 1 heterocycles. The van der Waals surface area contributed by atoms with Gasteiger partial charge in [0.15, 0.2) is 5.69 Å². The van der Waals surface area contributed by atoms with Crippen LogP contribution in [-0.4, -0.2) is 21.0 Å². The van der Waals surface area contributed by atoms with Gasteiger partial charge in [0.25, 0.3) is 0 Å². The molecule has 2 N–H and O–H groups in total. The number of nitrogens with zero attached hydrogens (tertiary/aromatic N) is 2. The molecular formula is C11H7F2N3O2. The van der Waals surface area contributed by atoms with E-state index in [0.29, 0.717) is 6.07 Å². The molecule has 0 fully saturated rings. The molecule has 0 aliphatic heterocycles. The van der Waals surface area contributed by atoms with Crippen LogP contribution in [0.1, 0.15) is 10.5 Å². The number of carbonyl (C=O) groups is 1. The summed E-state index contributed by atoms with van der Waals surface area (Å²) in [6.07, 6.45) is 2.30. The predicted octanol–water partition coefficient (Wildman–Crippen LogP) is 2.20. The topological polar surface area (TPSA) is 75.1 Å². The first-order chi connectivity index (χ1) is 8.56. The fraction of sp³-hybridized carbons (Fsp3) is 0. The Morgan fingerprint density at radius 2 is 2.06 bits per heavy atom. The lowest BCUT2D eigenvalue weighted by Gasteiger charge is -2.06. The zero-order valence-corrected chi connectivity index (χ0v) is 8.89. The number of carboxylic acid groups (broad SMARTS) is 1. The van der Waals surface area contributed by atoms with Crippen molar-refractivity contribution >= 4 is 17.5 Å². The van der Waals surface area contributed by atoms with Gasteiger partial charge < -0.3 is 10.4 Å². The summed E-state index contributed by atoms with van der Waals surface area (Å²) in [6, 6.07) is 2.95. The molecule has 0 bridgehead atoms. The number of benzene rings is 1. The second kappa shape index (κ2) is 4.74. The lowest BCUT2D eigenvalue weighted by molar-refractivity contribution is 0.0690. The Hall–Kier alpha value is -2.57. The first-order valence-electron chi connectivity index (χ1n) is 4.83. The first kappa shape index (κ1) is 11.9. The van der Waals surface area contributed by atoms with Crippen molar-refractivity contribution in [2.75, 3.05) is 5.32 Å². The van der Waals surface area contributed by atoms with Crippen molar-refractivity contribution in [1.82, 2.24) is 9.97 Å². The van der Waals surface area contributed by atoms with E-state index in [-0.39, 0.29) is 17.2 Å². The molecular weight excluding hydrogens is 244 g/mol. The van der Waals surface area contributed by atoms with Gasteiger partial charge in [-0.1, -0.05) is 0 Å². The molecule has 5 nitrogen and oxygen atoms in total. The highest BCUT2D eigenvalue weighted by atomic mass is 19.1. The summed E-state index contributed by atoms with van der Waals surface area (Å²) >= 11 is 0. The van der Waals surface area contributed by atoms with Gasteiger partial charge in [0.05, 0.1) is 18.1 Å². The van der Waals surface area contributed by atoms with Crippen molar-refractivity contribution in [2.45, 2.75) is 0 Å². The average molecular weight is 251 g/mol. The van der Waals surface area contributed by atoms with Crippen molar-refractivity contribution in [1.29, 1.82) is 0 Å². The Kier molecular flexibility index (Phi) is 3.13. The molecule has 1 aromatic carbocycles. The normalized spacial score (nSPS) is 10.1. The van der Waals surface area contributed by atoms with Gasteiger partial charge >= 0.3 is 5.97 Å². The summed E-state index contributed by atoms with van der Waals surface area (Å²) in [5, 5.41) is 11.2. The number of rotatable bonds is 3. The van der Waals surface area contributed by atoms with Gasteiger partial charge in [-0.05, 0) is 12.1 Å². The predicted molar refractivity (Wildman–Crippen MR) is 58.6 cm³/mol. The Morgan fingerprint density at radius 3 is 2.72 bits per heavy atom. The molecule has 0 radical (unpaired) electrons. The lowest BCUT2D eigenvalue weighted by atomic mass is 10.3. The van der Waals surface area contributed by atoms with Crippen LogP contribution in [0.2, 0.25) is 0 Å². The number of hydrogen-bond donors (Lipinski definition) is 2. The SMILES string of the molecule is O=C(O)c1cncc(Nc2ccc(F)cc2F)n1. The summed E-state index contributed by atoms with van der Waals surface area (Å²) in [7, 11) is 0. The largest absolute Gasteiger partial charge is 0.476 e. The van der Waals surface area contributed by atoms with E-state index in [1.807, 2.05) is 0 Å². The fourth-order valence-electron chi connectivity index (χ4n) is 1.26. The van der Waals surface area contributed by atoms with E-state index in [1.54, 1.807) is 0 Å². The maximum Gasteiger partial charge on any atom is 0.356 e. The molecule has 0 unspecified atom stereocenters. The van der Waals surface area contributed by atoms with Gasteiger partial charge in [-0.15, -0.1) is 0 Å². The third-order valence-corrected chi connectivity index (χ3v) is 2.05. The van der Waals surface area contributed by atoms with Crippen LogP contribution in [0, 0.1) is 11.6 Å². The van der Waals surface area contributed by atoms with Gasteiger partial charge in [0.2, 0.25) is 0 Å². The van der Waals surface area contributed by atoms with Crippen LogP contribution in [0.25, 0.3) is 0 Å². The molecule has 0 aliphatic carbocycles. The average Bonchev–Trinajstić information content (AvgIpc) is 2.33. The van der Waals surface area contributed by atoms with Crippen LogP contribution in [0.15, 0.2) is 30.6 Å². The van der Waals surface area contributed by atoms with E-state index in [9.17, 15) is 13.6 Å². The standard InChI is InChI=1S/C11H7F2N3O2/c12-6-1-2-8(7(13)3-6)15-10-5-14-4-9(16-10)11(17)18/h1-5H,(H,15,16)(H,17,18). The Labute approximate surface area is 100 Å². The van der Waals surface area contributed by atoms with E-state index < -0.39 is 17.6 Å². The molecule has 0 atom stereocenters. The van der Waals surface area contributed by atoms with Crippen LogP contribution in [-0.2, 0) is 0 Å². The number of hydrogen-bond acceptors (Lipinski definition) is 4. The Morgan fingerprint density at radius 1 is 1.28 bits per heavy atom. The molecule has 7 heteroatoms. The number of anilines is 2. The van der Waals surface area contributed by atoms with E-state index in [1.165, 1.54) is 12.3 Å². The zero-order valence-electron chi connectivity index (χ0n) is 8.89. The summed E-state index contributed by atoms with van der Waals surface area (Å²) in [5.41, 5.74) is -0.296. The lowest BCUT2D eigenvalue weighted by Crippen LogP contribution is -2.04. The van der Waals surface area contributed by atoms with Gasteiger partial charge in [-0.25, -0.2) is 18.6 Å². The summed E-state index contributed by atoms with van der Waals surface area (Å²) < 4.78 is 26.0. The number of carboxylic acids is 1. The molecule has 1 aromatic heterocycles. The minimum atomic E-state index is -1.24. The zero-order chi connectivity index (χ0) is 13.1. The van der Waals surface area contributed by atoms with Crippen LogP contribution in [0.5, 0.6) is 0 Å². The Balaban J connectivity index is 2.28. The third-order valence-electron chi connectivity index (χ3n) is 2.05. The maximum absolute atomic E-state index is 13.3. The first-order valence-corrected chi connectivity index (χ1v) is 4.83. The smallest absolute Gasteiger partial charge is 0.356 e. The fourth-order valence-corrected chi connectivity index (χ4v) is 1.26. The molecule has 2 aromatic rings. The van der Waals surface area contributed by atoms with Crippen LogP contribution < -0.4 is 5.32 Å². The molecule has 2 rings (SSSR count). The van der Waals surface area contributed by atoms with Crippen molar-refractivity contribution in [3.63, 3.8) is 0 Å². The van der Waals surface area contributed by atoms with Crippen LogP contribution in [0.3, 0.4) is 0 Å². The van der Waals surface area contributed by atoms with Crippen molar-refractivity contribution in [3.8, 4) is 0 Å². The minimum Gasteiger partial charge on any atom is -0.476 e. The second-order valence-electron chi connectivity index (χ2n) is 3.34. The van der Waals surface area contributed by atoms with Crippen molar-refractivity contribution in [3.05, 3.63) is 47.9 Å². The van der Waals surface area contributed by atoms with Crippen molar-refractivity contribution in [2.24, 2.45) is 0 Å². The van der Waals surface area contributed by atoms with Gasteiger partial charge in [0.1, 0.15) is 17.5 Å². The molecule has 0 aliphatic rings. The number of aromatic nitrogens is 2. The molecule has 0 saturated carbocycles. The molecule has 0 saturated heterocycles. The summed E-state index contributed by atoms with van der Waals surface area (Å²) in [5.74, 6) is -2.70. The highest BCUT2D eigenvalue weighted by Gasteiger charge is 2.08. The van der Waals surface area contributed by atoms with Gasteiger partial charge in [-0.3, -0.25) is 4.98 Å². The van der Waals surface area contributed by atoms with E-state index in [4.69, 9.17) is 5.11 Å². The van der Waals surface area contributed by atoms with Crippen LogP contribution in [0.4, 0.5) is 20.3 Å². The van der Waals surface area contributed by atoms with E-state index in [0.717, 1.165) is 12.3 Å². The van der Waals surface area contributed by atoms with E-state index >= 15 is 0 Å². The molecule has 0 amide bonds. The quantitative estimate of drug-likeness (QED) is 0.874. The number of nitrogens with one attached hydrogen (secondary N) is 1. The van der Waals surface area contributed by atoms with Crippen LogP contribution >= 0.6 is 0 Å². The minimum absolute atomic E-state index is 0.0201. The monoisotopic (exact) mass is 251 g/mol. The third kappa shape index (κ3) is 2.57. The van der Waals surface area contributed by atoms with E-state index in [2.05, 4.69) is 15.3 Å². The van der Waals surface area contributed by atoms with Gasteiger partial charge in [-0.2, -0.15) is 0 Å². The molecule has 18 heavy (non-hydrogen) atoms. The number of halogens is 2. The molecule has 92 valence electrons. The number of aromatic carboxylic acids is 1. The van der Waals surface area contributed by atoms with Gasteiger partial charge in [0, 0.05) is 6.07 Å². The van der Waals surface area contributed by atoms with Crippen molar-refractivity contribution < 1.29 is 18.7 Å². The highest BCUT2D eigenvalue weighted by Crippen LogP contribution is 2.18. The maximum atomic E-state index is 13.3. The second-order valence-corrected chi connectivity index (χ2v) is 3.34. The summed E-state index contributed by atoms with van der Waals surface area (Å²) in [6.45, 7) is 0.